The average molecular weight is 323 g/mol. The third-order valence-electron chi connectivity index (χ3n) is 3.69. The van der Waals surface area contributed by atoms with Gasteiger partial charge in [0.25, 0.3) is 0 Å². The molecule has 1 aromatic carbocycles. The number of hydrogen-bond donors (Lipinski definition) is 0. The standard InChI is InChI=1S/C14H15BrN2O2/c1-8-4-3-5-12-16-11-7-9(15)6-10(14(18)19-2)13(11)17(8)12/h6-8H,3-5H2,1-2H3. The molecule has 0 aliphatic carbocycles. The zero-order valence-electron chi connectivity index (χ0n) is 10.9. The fraction of sp³-hybridized carbons (Fsp3) is 0.429. The van der Waals surface area contributed by atoms with E-state index in [1.54, 1.807) is 0 Å². The van der Waals surface area contributed by atoms with Crippen LogP contribution in [0.25, 0.3) is 11.0 Å². The molecule has 19 heavy (non-hydrogen) atoms. The lowest BCUT2D eigenvalue weighted by molar-refractivity contribution is 0.0602. The maximum atomic E-state index is 12.0. The van der Waals surface area contributed by atoms with Crippen LogP contribution < -0.4 is 0 Å². The molecule has 0 radical (unpaired) electrons. The van der Waals surface area contributed by atoms with Gasteiger partial charge < -0.3 is 9.30 Å². The number of carbonyl (C=O) groups excluding carboxylic acids is 1. The predicted octanol–water partition coefficient (Wildman–Crippen LogP) is 3.48. The Morgan fingerprint density at radius 2 is 2.32 bits per heavy atom. The molecular weight excluding hydrogens is 308 g/mol. The van der Waals surface area contributed by atoms with E-state index < -0.39 is 0 Å². The van der Waals surface area contributed by atoms with Crippen molar-refractivity contribution < 1.29 is 9.53 Å². The Labute approximate surface area is 119 Å². The Kier molecular flexibility index (Phi) is 3.09. The van der Waals surface area contributed by atoms with Crippen LogP contribution in [0.4, 0.5) is 0 Å². The highest BCUT2D eigenvalue weighted by Crippen LogP contribution is 2.33. The monoisotopic (exact) mass is 322 g/mol. The number of nitrogens with zero attached hydrogens (tertiary/aromatic N) is 2. The molecule has 1 atom stereocenters. The summed E-state index contributed by atoms with van der Waals surface area (Å²) in [6, 6.07) is 4.14. The number of carbonyl (C=O) groups is 1. The zero-order valence-corrected chi connectivity index (χ0v) is 12.5. The van der Waals surface area contributed by atoms with E-state index in [0.29, 0.717) is 11.6 Å². The van der Waals surface area contributed by atoms with E-state index in [2.05, 4.69) is 32.4 Å². The van der Waals surface area contributed by atoms with Gasteiger partial charge in [0.05, 0.1) is 23.7 Å². The highest BCUT2D eigenvalue weighted by Gasteiger charge is 2.24. The molecule has 4 nitrogen and oxygen atoms in total. The van der Waals surface area contributed by atoms with Crippen molar-refractivity contribution in [3.8, 4) is 0 Å². The Balaban J connectivity index is 2.35. The van der Waals surface area contributed by atoms with E-state index in [0.717, 1.165) is 40.6 Å². The predicted molar refractivity (Wildman–Crippen MR) is 76.4 cm³/mol. The van der Waals surface area contributed by atoms with Crippen molar-refractivity contribution >= 4 is 32.9 Å². The van der Waals surface area contributed by atoms with E-state index in [4.69, 9.17) is 4.74 Å². The number of aryl methyl sites for hydroxylation is 1. The Bertz CT molecular complexity index is 663. The Morgan fingerprint density at radius 3 is 3.05 bits per heavy atom. The third kappa shape index (κ3) is 1.96. The topological polar surface area (TPSA) is 44.1 Å². The van der Waals surface area contributed by atoms with Gasteiger partial charge in [-0.1, -0.05) is 15.9 Å². The van der Waals surface area contributed by atoms with Crippen LogP contribution in [-0.2, 0) is 11.2 Å². The molecule has 0 saturated carbocycles. The molecular formula is C14H15BrN2O2. The maximum Gasteiger partial charge on any atom is 0.340 e. The lowest BCUT2D eigenvalue weighted by Gasteiger charge is -2.22. The SMILES string of the molecule is COC(=O)c1cc(Br)cc2nc3n(c12)C(C)CCC3. The van der Waals surface area contributed by atoms with Gasteiger partial charge >= 0.3 is 5.97 Å². The fourth-order valence-corrected chi connectivity index (χ4v) is 3.29. The zero-order chi connectivity index (χ0) is 13.6. The van der Waals surface area contributed by atoms with Crippen molar-refractivity contribution in [2.45, 2.75) is 32.2 Å². The summed E-state index contributed by atoms with van der Waals surface area (Å²) in [7, 11) is 1.41. The van der Waals surface area contributed by atoms with Crippen LogP contribution in [0.2, 0.25) is 0 Å². The number of benzene rings is 1. The number of rotatable bonds is 1. The number of aromatic nitrogens is 2. The van der Waals surface area contributed by atoms with Crippen molar-refractivity contribution in [2.75, 3.05) is 7.11 Å². The van der Waals surface area contributed by atoms with Crippen LogP contribution in [-0.4, -0.2) is 22.6 Å². The second kappa shape index (κ2) is 4.63. The van der Waals surface area contributed by atoms with Crippen LogP contribution in [0.5, 0.6) is 0 Å². The van der Waals surface area contributed by atoms with E-state index in [1.165, 1.54) is 7.11 Å². The van der Waals surface area contributed by atoms with Crippen LogP contribution in [0.3, 0.4) is 0 Å². The van der Waals surface area contributed by atoms with Crippen LogP contribution in [0, 0.1) is 0 Å². The van der Waals surface area contributed by atoms with Crippen LogP contribution >= 0.6 is 15.9 Å². The number of methoxy groups -OCH3 is 1. The van der Waals surface area contributed by atoms with E-state index in [-0.39, 0.29) is 5.97 Å². The smallest absolute Gasteiger partial charge is 0.340 e. The number of ether oxygens (including phenoxy) is 1. The van der Waals surface area contributed by atoms with Crippen molar-refractivity contribution in [2.24, 2.45) is 0 Å². The molecule has 0 saturated heterocycles. The minimum atomic E-state index is -0.313. The highest BCUT2D eigenvalue weighted by molar-refractivity contribution is 9.10. The van der Waals surface area contributed by atoms with Gasteiger partial charge in [0.2, 0.25) is 0 Å². The number of esters is 1. The number of imidazole rings is 1. The summed E-state index contributed by atoms with van der Waals surface area (Å²) in [6.45, 7) is 2.17. The third-order valence-corrected chi connectivity index (χ3v) is 4.15. The molecule has 0 spiro atoms. The average Bonchev–Trinajstić information content (AvgIpc) is 2.76. The fourth-order valence-electron chi connectivity index (χ4n) is 2.85. The minimum absolute atomic E-state index is 0.313. The molecule has 1 unspecified atom stereocenters. The van der Waals surface area contributed by atoms with Gasteiger partial charge in [-0.3, -0.25) is 0 Å². The van der Waals surface area contributed by atoms with Crippen molar-refractivity contribution in [1.29, 1.82) is 0 Å². The summed E-state index contributed by atoms with van der Waals surface area (Å²) in [5.41, 5.74) is 2.34. The number of fused-ring (bicyclic) bond motifs is 3. The molecule has 2 heterocycles. The molecule has 0 fully saturated rings. The van der Waals surface area contributed by atoms with Gasteiger partial charge in [-0.15, -0.1) is 0 Å². The van der Waals surface area contributed by atoms with Crippen molar-refractivity contribution in [3.63, 3.8) is 0 Å². The molecule has 0 N–H and O–H groups in total. The second-order valence-corrected chi connectivity index (χ2v) is 5.87. The van der Waals surface area contributed by atoms with Gasteiger partial charge in [-0.05, 0) is 31.9 Å². The first-order chi connectivity index (χ1) is 9.11. The maximum absolute atomic E-state index is 12.0. The van der Waals surface area contributed by atoms with Crippen molar-refractivity contribution in [1.82, 2.24) is 9.55 Å². The minimum Gasteiger partial charge on any atom is -0.465 e. The first-order valence-corrected chi connectivity index (χ1v) is 7.19. The largest absolute Gasteiger partial charge is 0.465 e. The Hall–Kier alpha value is -1.36. The normalized spacial score (nSPS) is 18.4. The molecule has 5 heteroatoms. The molecule has 2 aromatic rings. The number of hydrogen-bond acceptors (Lipinski definition) is 3. The molecule has 3 rings (SSSR count). The van der Waals surface area contributed by atoms with Gasteiger partial charge in [0, 0.05) is 16.9 Å². The molecule has 1 aliphatic heterocycles. The van der Waals surface area contributed by atoms with Gasteiger partial charge in [0.15, 0.2) is 0 Å². The highest BCUT2D eigenvalue weighted by atomic mass is 79.9. The Morgan fingerprint density at radius 1 is 1.53 bits per heavy atom. The lowest BCUT2D eigenvalue weighted by atomic mass is 10.1. The first kappa shape index (κ1) is 12.7. The summed E-state index contributed by atoms with van der Waals surface area (Å²) < 4.78 is 7.94. The van der Waals surface area contributed by atoms with E-state index in [1.807, 2.05) is 12.1 Å². The molecule has 0 amide bonds. The summed E-state index contributed by atoms with van der Waals surface area (Å²) in [5, 5.41) is 0. The summed E-state index contributed by atoms with van der Waals surface area (Å²) >= 11 is 3.43. The molecule has 100 valence electrons. The van der Waals surface area contributed by atoms with Crippen molar-refractivity contribution in [3.05, 3.63) is 28.0 Å². The summed E-state index contributed by atoms with van der Waals surface area (Å²) in [4.78, 5) is 16.7. The first-order valence-electron chi connectivity index (χ1n) is 6.40. The molecule has 1 aromatic heterocycles. The molecule has 1 aliphatic rings. The summed E-state index contributed by atoms with van der Waals surface area (Å²) in [5.74, 6) is 0.753. The second-order valence-electron chi connectivity index (χ2n) is 4.95. The van der Waals surface area contributed by atoms with Gasteiger partial charge in [0.1, 0.15) is 5.82 Å². The summed E-state index contributed by atoms with van der Waals surface area (Å²) in [6.07, 6.45) is 3.24. The quantitative estimate of drug-likeness (QED) is 0.755. The van der Waals surface area contributed by atoms with Crippen LogP contribution in [0.1, 0.15) is 42.0 Å². The van der Waals surface area contributed by atoms with Gasteiger partial charge in [-0.2, -0.15) is 0 Å². The van der Waals surface area contributed by atoms with Crippen LogP contribution in [0.15, 0.2) is 16.6 Å². The lowest BCUT2D eigenvalue weighted by Crippen LogP contribution is -2.16. The van der Waals surface area contributed by atoms with Gasteiger partial charge in [-0.25, -0.2) is 9.78 Å². The van der Waals surface area contributed by atoms with E-state index >= 15 is 0 Å². The number of halogens is 1. The molecule has 0 bridgehead atoms. The van der Waals surface area contributed by atoms with E-state index in [9.17, 15) is 4.79 Å².